The van der Waals surface area contributed by atoms with Crippen LogP contribution in [0.4, 0.5) is 5.69 Å². The Bertz CT molecular complexity index is 1290. The van der Waals surface area contributed by atoms with Crippen molar-refractivity contribution >= 4 is 28.2 Å². The number of pyridine rings is 2. The number of aryl methyl sites for hydroxylation is 1. The summed E-state index contributed by atoms with van der Waals surface area (Å²) in [7, 11) is 0. The number of benzene rings is 1. The first-order valence-corrected chi connectivity index (χ1v) is 12.5. The van der Waals surface area contributed by atoms with E-state index in [2.05, 4.69) is 53.5 Å². The van der Waals surface area contributed by atoms with E-state index in [4.69, 9.17) is 22.3 Å². The van der Waals surface area contributed by atoms with Crippen molar-refractivity contribution in [3.63, 3.8) is 0 Å². The van der Waals surface area contributed by atoms with Crippen molar-refractivity contribution in [2.45, 2.75) is 39.7 Å². The largest absolute Gasteiger partial charge is 0.390 e. The number of nitrogens with one attached hydrogen (secondary N) is 1. The van der Waals surface area contributed by atoms with Gasteiger partial charge in [-0.2, -0.15) is 5.10 Å². The Morgan fingerprint density at radius 3 is 2.63 bits per heavy atom. The van der Waals surface area contributed by atoms with Crippen LogP contribution < -0.4 is 11.1 Å². The highest BCUT2D eigenvalue weighted by Gasteiger charge is 2.19. The highest BCUT2D eigenvalue weighted by Crippen LogP contribution is 2.32. The van der Waals surface area contributed by atoms with Gasteiger partial charge in [0.25, 0.3) is 0 Å². The number of aliphatic hydroxyl groups is 1. The Kier molecular flexibility index (Phi) is 8.00. The van der Waals surface area contributed by atoms with E-state index in [0.29, 0.717) is 30.5 Å². The minimum Gasteiger partial charge on any atom is -0.390 e. The predicted octanol–water partition coefficient (Wildman–Crippen LogP) is 4.93. The summed E-state index contributed by atoms with van der Waals surface area (Å²) in [6.45, 7) is 5.55. The number of aliphatic hydroxyl groups excluding tert-OH is 1. The number of nitrogens with two attached hydrogens (primary N) is 1. The molecule has 4 rings (SSSR count). The van der Waals surface area contributed by atoms with Crippen molar-refractivity contribution in [1.29, 1.82) is 0 Å². The Labute approximate surface area is 211 Å². The molecule has 7 nitrogen and oxygen atoms in total. The minimum atomic E-state index is -0.126. The summed E-state index contributed by atoms with van der Waals surface area (Å²) in [5.74, 6) is 1.20. The van der Waals surface area contributed by atoms with E-state index in [1.54, 1.807) is 10.7 Å². The second-order valence-corrected chi connectivity index (χ2v) is 9.84. The number of nitrogens with zero attached hydrogens (tertiary/aromatic N) is 4. The topological polar surface area (TPSA) is 102 Å². The Morgan fingerprint density at radius 1 is 1.06 bits per heavy atom. The van der Waals surface area contributed by atoms with Crippen LogP contribution in [0.15, 0.2) is 54.7 Å². The van der Waals surface area contributed by atoms with Gasteiger partial charge in [-0.25, -0.2) is 9.67 Å². The molecule has 35 heavy (non-hydrogen) atoms. The maximum Gasteiger partial charge on any atom is 0.154 e. The zero-order valence-electron chi connectivity index (χ0n) is 20.3. The van der Waals surface area contributed by atoms with Gasteiger partial charge in [0.15, 0.2) is 5.82 Å². The maximum absolute atomic E-state index is 9.55. The van der Waals surface area contributed by atoms with Crippen LogP contribution in [0.2, 0.25) is 0 Å². The molecule has 0 fully saturated rings. The summed E-state index contributed by atoms with van der Waals surface area (Å²) in [4.78, 5) is 9.49. The first-order chi connectivity index (χ1) is 16.9. The summed E-state index contributed by atoms with van der Waals surface area (Å²) >= 11 is 6.18. The molecule has 0 radical (unpaired) electrons. The lowest BCUT2D eigenvalue weighted by molar-refractivity contribution is 0.276. The molecule has 0 aliphatic carbocycles. The SMILES string of the molecule is CC(C)(CCl)CNc1cc(-c2cccc(CCCCN)n2)cc2c1cnn2-c1cccc(CO)n1. The maximum atomic E-state index is 9.55. The van der Waals surface area contributed by atoms with Crippen molar-refractivity contribution in [3.8, 4) is 17.1 Å². The van der Waals surface area contributed by atoms with Gasteiger partial charge in [-0.3, -0.25) is 4.98 Å². The Balaban J connectivity index is 1.80. The van der Waals surface area contributed by atoms with Gasteiger partial charge in [-0.15, -0.1) is 11.6 Å². The number of fused-ring (bicyclic) bond motifs is 1. The van der Waals surface area contributed by atoms with Crippen LogP contribution in [-0.4, -0.2) is 43.8 Å². The molecule has 0 amide bonds. The quantitative estimate of drug-likeness (QED) is 0.202. The van der Waals surface area contributed by atoms with Crippen LogP contribution in [0.3, 0.4) is 0 Å². The summed E-state index contributed by atoms with van der Waals surface area (Å²) < 4.78 is 1.81. The first-order valence-electron chi connectivity index (χ1n) is 12.0. The number of anilines is 1. The average Bonchev–Trinajstić information content (AvgIpc) is 3.32. The third-order valence-corrected chi connectivity index (χ3v) is 6.69. The molecule has 0 aliphatic heterocycles. The molecule has 3 aromatic heterocycles. The van der Waals surface area contributed by atoms with E-state index in [0.717, 1.165) is 52.8 Å². The van der Waals surface area contributed by atoms with Crippen LogP contribution in [0.5, 0.6) is 0 Å². The van der Waals surface area contributed by atoms with Crippen molar-refractivity contribution in [2.75, 3.05) is 24.3 Å². The lowest BCUT2D eigenvalue weighted by Crippen LogP contribution is -2.24. The van der Waals surface area contributed by atoms with Gasteiger partial charge >= 0.3 is 0 Å². The molecular weight excluding hydrogens is 460 g/mol. The number of aromatic nitrogens is 4. The third-order valence-electron chi connectivity index (χ3n) is 5.97. The zero-order chi connectivity index (χ0) is 24.8. The lowest BCUT2D eigenvalue weighted by atomic mass is 9.96. The first kappa shape index (κ1) is 25.1. The van der Waals surface area contributed by atoms with Gasteiger partial charge in [0, 0.05) is 34.8 Å². The average molecular weight is 493 g/mol. The molecule has 4 N–H and O–H groups in total. The van der Waals surface area contributed by atoms with Gasteiger partial charge in [0.05, 0.1) is 29.7 Å². The molecule has 0 saturated carbocycles. The highest BCUT2D eigenvalue weighted by atomic mass is 35.5. The molecular formula is C27H33ClN6O. The number of halogens is 1. The van der Waals surface area contributed by atoms with Crippen LogP contribution in [0, 0.1) is 5.41 Å². The normalized spacial score (nSPS) is 11.8. The monoisotopic (exact) mass is 492 g/mol. The van der Waals surface area contributed by atoms with Gasteiger partial charge in [0.2, 0.25) is 0 Å². The standard InChI is InChI=1S/C27H33ClN6O/c1-27(2,17-28)18-30-24-13-19(23-10-5-8-20(32-23)7-3-4-12-29)14-25-22(24)15-31-34(25)26-11-6-9-21(16-35)33-26/h5-6,8-11,13-15,30,35H,3-4,7,12,16-18,29H2,1-2H3. The van der Waals surface area contributed by atoms with Gasteiger partial charge in [-0.05, 0) is 67.6 Å². The number of alkyl halides is 1. The van der Waals surface area contributed by atoms with E-state index in [9.17, 15) is 5.11 Å². The predicted molar refractivity (Wildman–Crippen MR) is 143 cm³/mol. The number of hydrogen-bond donors (Lipinski definition) is 3. The smallest absolute Gasteiger partial charge is 0.154 e. The molecule has 0 bridgehead atoms. The molecule has 8 heteroatoms. The van der Waals surface area contributed by atoms with Gasteiger partial charge < -0.3 is 16.2 Å². The zero-order valence-corrected chi connectivity index (χ0v) is 21.1. The van der Waals surface area contributed by atoms with Crippen molar-refractivity contribution in [1.82, 2.24) is 19.7 Å². The molecule has 0 saturated heterocycles. The molecule has 0 aliphatic rings. The fourth-order valence-corrected chi connectivity index (χ4v) is 3.98. The fourth-order valence-electron chi connectivity index (χ4n) is 3.89. The number of unbranched alkanes of at least 4 members (excludes halogenated alkanes) is 1. The van der Waals surface area contributed by atoms with E-state index in [1.165, 1.54) is 0 Å². The summed E-state index contributed by atoms with van der Waals surface area (Å²) in [6.07, 6.45) is 4.75. The second-order valence-electron chi connectivity index (χ2n) is 9.57. The van der Waals surface area contributed by atoms with Crippen LogP contribution in [-0.2, 0) is 13.0 Å². The van der Waals surface area contributed by atoms with Crippen LogP contribution >= 0.6 is 11.6 Å². The van der Waals surface area contributed by atoms with E-state index in [-0.39, 0.29) is 12.0 Å². The number of hydrogen-bond acceptors (Lipinski definition) is 6. The molecule has 184 valence electrons. The Hall–Kier alpha value is -3.00. The van der Waals surface area contributed by atoms with E-state index >= 15 is 0 Å². The second kappa shape index (κ2) is 11.2. The van der Waals surface area contributed by atoms with Crippen LogP contribution in [0.1, 0.15) is 38.1 Å². The Morgan fingerprint density at radius 2 is 1.86 bits per heavy atom. The lowest BCUT2D eigenvalue weighted by Gasteiger charge is -2.23. The molecule has 1 aromatic carbocycles. The summed E-state index contributed by atoms with van der Waals surface area (Å²) in [5, 5.41) is 18.8. The molecule has 0 spiro atoms. The van der Waals surface area contributed by atoms with Crippen molar-refractivity contribution < 1.29 is 5.11 Å². The third kappa shape index (κ3) is 5.99. The fraction of sp³-hybridized carbons (Fsp3) is 0.370. The van der Waals surface area contributed by atoms with Gasteiger partial charge in [0.1, 0.15) is 0 Å². The molecule has 4 aromatic rings. The molecule has 0 unspecified atom stereocenters. The minimum absolute atomic E-state index is 0.0714. The number of rotatable bonds is 11. The summed E-state index contributed by atoms with van der Waals surface area (Å²) in [5.41, 5.74) is 11.0. The van der Waals surface area contributed by atoms with E-state index < -0.39 is 0 Å². The van der Waals surface area contributed by atoms with Crippen LogP contribution in [0.25, 0.3) is 28.0 Å². The van der Waals surface area contributed by atoms with Gasteiger partial charge in [-0.1, -0.05) is 26.0 Å². The van der Waals surface area contributed by atoms with Crippen molar-refractivity contribution in [2.24, 2.45) is 11.1 Å². The molecule has 3 heterocycles. The van der Waals surface area contributed by atoms with E-state index in [1.807, 2.05) is 24.4 Å². The highest BCUT2D eigenvalue weighted by molar-refractivity contribution is 6.18. The van der Waals surface area contributed by atoms with Crippen molar-refractivity contribution in [3.05, 3.63) is 66.1 Å². The molecule has 0 atom stereocenters. The summed E-state index contributed by atoms with van der Waals surface area (Å²) in [6, 6.07) is 15.9.